The molecular formula is C9H19N3. The number of nitrogens with zero attached hydrogens (tertiary/aromatic N) is 1. The average molecular weight is 169 g/mol. The highest BCUT2D eigenvalue weighted by Gasteiger charge is 2.23. The highest BCUT2D eigenvalue weighted by atomic mass is 15.2. The molecule has 0 aliphatic carbocycles. The fraction of sp³-hybridized carbons (Fsp3) is 0.889. The number of rotatable bonds is 0. The summed E-state index contributed by atoms with van der Waals surface area (Å²) in [5.41, 5.74) is -0.00264. The van der Waals surface area contributed by atoms with Gasteiger partial charge in [-0.1, -0.05) is 20.8 Å². The van der Waals surface area contributed by atoms with Crippen LogP contribution in [-0.2, 0) is 0 Å². The maximum atomic E-state index is 7.93. The molecule has 0 radical (unpaired) electrons. The van der Waals surface area contributed by atoms with Gasteiger partial charge in [-0.3, -0.25) is 5.41 Å². The van der Waals surface area contributed by atoms with Crippen molar-refractivity contribution >= 4 is 5.84 Å². The highest BCUT2D eigenvalue weighted by Crippen LogP contribution is 2.17. The second-order valence-electron chi connectivity index (χ2n) is 4.34. The van der Waals surface area contributed by atoms with Gasteiger partial charge in [0.15, 0.2) is 0 Å². The number of hydrogen-bond acceptors (Lipinski definition) is 2. The van der Waals surface area contributed by atoms with Crippen molar-refractivity contribution in [3.8, 4) is 0 Å². The second kappa shape index (κ2) is 3.44. The van der Waals surface area contributed by atoms with Crippen LogP contribution < -0.4 is 5.32 Å². The van der Waals surface area contributed by atoms with E-state index >= 15 is 0 Å². The van der Waals surface area contributed by atoms with E-state index < -0.39 is 0 Å². The van der Waals surface area contributed by atoms with Crippen LogP contribution >= 0.6 is 0 Å². The Morgan fingerprint density at radius 1 is 1.25 bits per heavy atom. The van der Waals surface area contributed by atoms with Crippen LogP contribution in [0.4, 0.5) is 0 Å². The molecule has 1 aliphatic heterocycles. The summed E-state index contributed by atoms with van der Waals surface area (Å²) < 4.78 is 0. The van der Waals surface area contributed by atoms with E-state index in [0.29, 0.717) is 0 Å². The maximum absolute atomic E-state index is 7.93. The molecule has 3 nitrogen and oxygen atoms in total. The normalized spacial score (nSPS) is 19.4. The third-order valence-corrected chi connectivity index (χ3v) is 2.14. The van der Waals surface area contributed by atoms with Crippen LogP contribution in [0, 0.1) is 10.8 Å². The van der Waals surface area contributed by atoms with Gasteiger partial charge in [-0.2, -0.15) is 0 Å². The van der Waals surface area contributed by atoms with Gasteiger partial charge in [0.2, 0.25) is 0 Å². The number of hydrogen-bond donors (Lipinski definition) is 2. The summed E-state index contributed by atoms with van der Waals surface area (Å²) in [5, 5.41) is 11.2. The molecule has 1 aliphatic rings. The Morgan fingerprint density at radius 3 is 2.17 bits per heavy atom. The lowest BCUT2D eigenvalue weighted by Gasteiger charge is -2.35. The molecular weight excluding hydrogens is 150 g/mol. The molecule has 12 heavy (non-hydrogen) atoms. The molecule has 1 heterocycles. The lowest BCUT2D eigenvalue weighted by molar-refractivity contribution is 0.322. The molecule has 0 aromatic carbocycles. The first-order valence-electron chi connectivity index (χ1n) is 4.56. The van der Waals surface area contributed by atoms with E-state index in [1.807, 2.05) is 0 Å². The van der Waals surface area contributed by atoms with Gasteiger partial charge in [0.05, 0.1) is 0 Å². The van der Waals surface area contributed by atoms with E-state index in [9.17, 15) is 0 Å². The molecule has 0 bridgehead atoms. The van der Waals surface area contributed by atoms with Gasteiger partial charge in [-0.05, 0) is 0 Å². The van der Waals surface area contributed by atoms with Gasteiger partial charge in [0.25, 0.3) is 0 Å². The van der Waals surface area contributed by atoms with E-state index in [4.69, 9.17) is 5.41 Å². The second-order valence-corrected chi connectivity index (χ2v) is 4.34. The zero-order chi connectivity index (χ0) is 9.19. The molecule has 3 heteroatoms. The predicted octanol–water partition coefficient (Wildman–Crippen LogP) is 0.915. The van der Waals surface area contributed by atoms with E-state index in [1.165, 1.54) is 0 Å². The molecule has 0 atom stereocenters. The molecule has 2 N–H and O–H groups in total. The first-order valence-corrected chi connectivity index (χ1v) is 4.56. The third-order valence-electron chi connectivity index (χ3n) is 2.14. The first-order chi connectivity index (χ1) is 5.52. The molecule has 0 unspecified atom stereocenters. The maximum Gasteiger partial charge on any atom is 0.101 e. The largest absolute Gasteiger partial charge is 0.358 e. The first kappa shape index (κ1) is 9.52. The molecule has 1 rings (SSSR count). The summed E-state index contributed by atoms with van der Waals surface area (Å²) in [4.78, 5) is 2.16. The lowest BCUT2D eigenvalue weighted by atomic mass is 9.94. The molecule has 1 saturated heterocycles. The molecule has 70 valence electrons. The third kappa shape index (κ3) is 2.21. The summed E-state index contributed by atoms with van der Waals surface area (Å²) in [6, 6.07) is 0. The zero-order valence-corrected chi connectivity index (χ0v) is 8.28. The summed E-state index contributed by atoms with van der Waals surface area (Å²) in [5.74, 6) is 0.768. The van der Waals surface area contributed by atoms with Gasteiger partial charge < -0.3 is 10.2 Å². The van der Waals surface area contributed by atoms with Gasteiger partial charge >= 0.3 is 0 Å². The molecule has 0 amide bonds. The van der Waals surface area contributed by atoms with E-state index in [1.54, 1.807) is 0 Å². The van der Waals surface area contributed by atoms with Crippen molar-refractivity contribution in [2.75, 3.05) is 26.2 Å². The minimum absolute atomic E-state index is 0.00264. The average Bonchev–Trinajstić information content (AvgIpc) is 2.03. The Labute approximate surface area is 74.6 Å². The van der Waals surface area contributed by atoms with Crippen LogP contribution in [0.2, 0.25) is 0 Å². The highest BCUT2D eigenvalue weighted by molar-refractivity contribution is 5.84. The quantitative estimate of drug-likeness (QED) is 0.418. The summed E-state index contributed by atoms with van der Waals surface area (Å²) >= 11 is 0. The fourth-order valence-electron chi connectivity index (χ4n) is 1.36. The molecule has 0 saturated carbocycles. The molecule has 0 aromatic rings. The van der Waals surface area contributed by atoms with Crippen molar-refractivity contribution in [3.05, 3.63) is 0 Å². The monoisotopic (exact) mass is 169 g/mol. The zero-order valence-electron chi connectivity index (χ0n) is 8.28. The smallest absolute Gasteiger partial charge is 0.101 e. The Bertz CT molecular complexity index is 163. The minimum atomic E-state index is -0.00264. The predicted molar refractivity (Wildman–Crippen MR) is 51.6 cm³/mol. The van der Waals surface area contributed by atoms with Crippen LogP contribution in [0.25, 0.3) is 0 Å². The lowest BCUT2D eigenvalue weighted by Crippen LogP contribution is -2.49. The number of piperazine rings is 1. The summed E-state index contributed by atoms with van der Waals surface area (Å²) in [6.45, 7) is 10.3. The van der Waals surface area contributed by atoms with Gasteiger partial charge in [0.1, 0.15) is 5.84 Å². The standard InChI is InChI=1S/C9H19N3/c1-9(2,3)8(10)12-6-4-11-5-7-12/h10-11H,4-7H2,1-3H3. The van der Waals surface area contributed by atoms with Crippen LogP contribution in [0.1, 0.15) is 20.8 Å². The Balaban J connectivity index is 2.51. The van der Waals surface area contributed by atoms with Crippen molar-refractivity contribution < 1.29 is 0 Å². The van der Waals surface area contributed by atoms with Crippen molar-refractivity contribution in [1.82, 2.24) is 10.2 Å². The Hall–Kier alpha value is -0.570. The van der Waals surface area contributed by atoms with Crippen LogP contribution in [0.5, 0.6) is 0 Å². The number of amidine groups is 1. The SMILES string of the molecule is CC(C)(C)C(=N)N1CCNCC1. The fourth-order valence-corrected chi connectivity index (χ4v) is 1.36. The van der Waals surface area contributed by atoms with Crippen molar-refractivity contribution in [2.45, 2.75) is 20.8 Å². The van der Waals surface area contributed by atoms with Gasteiger partial charge in [-0.25, -0.2) is 0 Å². The minimum Gasteiger partial charge on any atom is -0.358 e. The summed E-state index contributed by atoms with van der Waals surface area (Å²) in [6.07, 6.45) is 0. The van der Waals surface area contributed by atoms with Crippen molar-refractivity contribution in [2.24, 2.45) is 5.41 Å². The van der Waals surface area contributed by atoms with Gasteiger partial charge in [-0.15, -0.1) is 0 Å². The van der Waals surface area contributed by atoms with Crippen LogP contribution in [-0.4, -0.2) is 36.9 Å². The van der Waals surface area contributed by atoms with E-state index in [0.717, 1.165) is 32.0 Å². The number of nitrogens with one attached hydrogen (secondary N) is 2. The van der Waals surface area contributed by atoms with E-state index in [-0.39, 0.29) is 5.41 Å². The molecule has 0 spiro atoms. The van der Waals surface area contributed by atoms with Gasteiger partial charge in [0, 0.05) is 31.6 Å². The Morgan fingerprint density at radius 2 is 1.75 bits per heavy atom. The van der Waals surface area contributed by atoms with Crippen LogP contribution in [0.3, 0.4) is 0 Å². The summed E-state index contributed by atoms with van der Waals surface area (Å²) in [7, 11) is 0. The van der Waals surface area contributed by atoms with Crippen molar-refractivity contribution in [3.63, 3.8) is 0 Å². The molecule has 0 aromatic heterocycles. The topological polar surface area (TPSA) is 39.1 Å². The Kier molecular flexibility index (Phi) is 2.73. The molecule has 1 fully saturated rings. The van der Waals surface area contributed by atoms with E-state index in [2.05, 4.69) is 31.0 Å². The van der Waals surface area contributed by atoms with Crippen LogP contribution in [0.15, 0.2) is 0 Å². The van der Waals surface area contributed by atoms with Crippen molar-refractivity contribution in [1.29, 1.82) is 5.41 Å².